The molecule has 1 N–H and O–H groups in total. The minimum atomic E-state index is -0.947. The Bertz CT molecular complexity index is 1620. The van der Waals surface area contributed by atoms with Crippen molar-refractivity contribution in [2.24, 2.45) is 0 Å². The maximum Gasteiger partial charge on any atom is 0.301 e. The Morgan fingerprint density at radius 3 is 2.42 bits per heavy atom. The molecule has 1 saturated heterocycles. The second-order valence-corrected chi connectivity index (χ2v) is 11.8. The van der Waals surface area contributed by atoms with E-state index in [9.17, 15) is 14.7 Å². The molecule has 2 heterocycles. The molecular formula is C32H31N3O6S2. The lowest BCUT2D eigenvalue weighted by Gasteiger charge is -2.23. The van der Waals surface area contributed by atoms with Gasteiger partial charge < -0.3 is 19.3 Å². The molecule has 1 aliphatic heterocycles. The summed E-state index contributed by atoms with van der Waals surface area (Å²) >= 11 is 2.71. The van der Waals surface area contributed by atoms with E-state index < -0.39 is 17.7 Å². The number of aliphatic hydroxyl groups is 1. The van der Waals surface area contributed by atoms with Gasteiger partial charge in [-0.2, -0.15) is 0 Å². The predicted molar refractivity (Wildman–Crippen MR) is 167 cm³/mol. The number of benzene rings is 3. The highest BCUT2D eigenvalue weighted by Gasteiger charge is 2.48. The van der Waals surface area contributed by atoms with Gasteiger partial charge in [-0.25, -0.2) is 0 Å². The molecule has 11 heteroatoms. The average Bonchev–Trinajstić information content (AvgIpc) is 3.62. The van der Waals surface area contributed by atoms with Crippen molar-refractivity contribution in [1.82, 2.24) is 10.2 Å². The van der Waals surface area contributed by atoms with Crippen LogP contribution >= 0.6 is 23.1 Å². The van der Waals surface area contributed by atoms with E-state index in [0.29, 0.717) is 45.1 Å². The van der Waals surface area contributed by atoms with Crippen molar-refractivity contribution in [3.63, 3.8) is 0 Å². The molecule has 0 aliphatic carbocycles. The first kappa shape index (κ1) is 30.1. The summed E-state index contributed by atoms with van der Waals surface area (Å²) < 4.78 is 17.2. The SMILES string of the molecule is CCCCOc1ccc(C2/C(=C(/O)c3ccc(OC)c(OC)c3)C(=O)C(=O)N2c2nnc(SCc3ccccc3)s2)cc1. The molecule has 4 aromatic rings. The number of ether oxygens (including phenoxy) is 3. The van der Waals surface area contributed by atoms with Gasteiger partial charge in [0.2, 0.25) is 5.13 Å². The summed E-state index contributed by atoms with van der Waals surface area (Å²) in [6, 6.07) is 21.0. The number of ketones is 1. The molecule has 0 saturated carbocycles. The predicted octanol–water partition coefficient (Wildman–Crippen LogP) is 6.65. The average molecular weight is 618 g/mol. The van der Waals surface area contributed by atoms with Crippen LogP contribution in [0.4, 0.5) is 5.13 Å². The number of amides is 1. The molecule has 1 aliphatic rings. The fourth-order valence-corrected chi connectivity index (χ4v) is 6.47. The maximum absolute atomic E-state index is 13.6. The third-order valence-corrected chi connectivity index (χ3v) is 9.00. The first-order chi connectivity index (χ1) is 20.9. The number of rotatable bonds is 12. The molecule has 0 radical (unpaired) electrons. The van der Waals surface area contributed by atoms with Gasteiger partial charge in [-0.05, 0) is 47.9 Å². The number of methoxy groups -OCH3 is 2. The second-order valence-electron chi connectivity index (χ2n) is 9.63. The van der Waals surface area contributed by atoms with E-state index in [4.69, 9.17) is 14.2 Å². The Hall–Kier alpha value is -4.35. The van der Waals surface area contributed by atoms with Crippen molar-refractivity contribution in [3.8, 4) is 17.2 Å². The van der Waals surface area contributed by atoms with Crippen LogP contribution in [0.15, 0.2) is 82.7 Å². The molecule has 0 bridgehead atoms. The van der Waals surface area contributed by atoms with Gasteiger partial charge in [0, 0.05) is 11.3 Å². The highest BCUT2D eigenvalue weighted by atomic mass is 32.2. The van der Waals surface area contributed by atoms with Gasteiger partial charge in [-0.1, -0.05) is 78.9 Å². The van der Waals surface area contributed by atoms with Gasteiger partial charge in [0.1, 0.15) is 11.5 Å². The topological polar surface area (TPSA) is 111 Å². The van der Waals surface area contributed by atoms with Crippen molar-refractivity contribution in [2.45, 2.75) is 35.9 Å². The van der Waals surface area contributed by atoms with Gasteiger partial charge in [0.05, 0.1) is 32.4 Å². The summed E-state index contributed by atoms with van der Waals surface area (Å²) in [6.45, 7) is 2.68. The van der Waals surface area contributed by atoms with E-state index in [1.54, 1.807) is 42.5 Å². The molecule has 1 unspecified atom stereocenters. The third-order valence-electron chi connectivity index (χ3n) is 6.87. The van der Waals surface area contributed by atoms with Gasteiger partial charge in [-0.15, -0.1) is 10.2 Å². The van der Waals surface area contributed by atoms with E-state index >= 15 is 0 Å². The van der Waals surface area contributed by atoms with Crippen LogP contribution < -0.4 is 19.1 Å². The largest absolute Gasteiger partial charge is 0.507 e. The quantitative estimate of drug-likeness (QED) is 0.0466. The highest BCUT2D eigenvalue weighted by Crippen LogP contribution is 2.45. The molecule has 5 rings (SSSR count). The van der Waals surface area contributed by atoms with Crippen molar-refractivity contribution < 1.29 is 28.9 Å². The molecule has 0 spiro atoms. The van der Waals surface area contributed by atoms with Crippen molar-refractivity contribution in [2.75, 3.05) is 25.7 Å². The molecule has 9 nitrogen and oxygen atoms in total. The summed E-state index contributed by atoms with van der Waals surface area (Å²) in [5.41, 5.74) is 1.97. The van der Waals surface area contributed by atoms with E-state index in [1.165, 1.54) is 42.2 Å². The first-order valence-electron chi connectivity index (χ1n) is 13.7. The number of thioether (sulfide) groups is 1. The summed E-state index contributed by atoms with van der Waals surface area (Å²) in [5, 5.41) is 20.4. The van der Waals surface area contributed by atoms with Crippen LogP contribution in [0.5, 0.6) is 17.2 Å². The Labute approximate surface area is 258 Å². The van der Waals surface area contributed by atoms with Crippen LogP contribution in [-0.4, -0.2) is 47.8 Å². The molecule has 1 atom stereocenters. The Balaban J connectivity index is 1.54. The number of unbranched alkanes of at least 4 members (excludes halogenated alkanes) is 1. The summed E-state index contributed by atoms with van der Waals surface area (Å²) in [4.78, 5) is 28.5. The molecule has 43 heavy (non-hydrogen) atoms. The van der Waals surface area contributed by atoms with Gasteiger partial charge >= 0.3 is 5.91 Å². The zero-order chi connectivity index (χ0) is 30.3. The Morgan fingerprint density at radius 2 is 1.72 bits per heavy atom. The van der Waals surface area contributed by atoms with Crippen LogP contribution in [0.3, 0.4) is 0 Å². The van der Waals surface area contributed by atoms with Crippen LogP contribution in [-0.2, 0) is 15.3 Å². The Morgan fingerprint density at radius 1 is 0.977 bits per heavy atom. The monoisotopic (exact) mass is 617 g/mol. The fourth-order valence-electron chi connectivity index (χ4n) is 4.64. The lowest BCUT2D eigenvalue weighted by Crippen LogP contribution is -2.29. The number of Topliss-reactive ketones (excluding diaryl/α,β-unsaturated/α-hetero) is 1. The highest BCUT2D eigenvalue weighted by molar-refractivity contribution is 8.00. The minimum Gasteiger partial charge on any atom is -0.507 e. The number of aliphatic hydroxyl groups excluding tert-OH is 1. The van der Waals surface area contributed by atoms with E-state index in [0.717, 1.165) is 18.4 Å². The first-order valence-corrected chi connectivity index (χ1v) is 15.5. The van der Waals surface area contributed by atoms with E-state index in [1.807, 2.05) is 30.3 Å². The number of hydrogen-bond donors (Lipinski definition) is 1. The third kappa shape index (κ3) is 6.52. The normalized spacial score (nSPS) is 16.0. The lowest BCUT2D eigenvalue weighted by atomic mass is 9.95. The summed E-state index contributed by atoms with van der Waals surface area (Å²) in [6.07, 6.45) is 1.94. The maximum atomic E-state index is 13.6. The smallest absolute Gasteiger partial charge is 0.301 e. The standard InChI is InChI=1S/C32H31N3O6S2/c1-4-5-17-41-23-14-11-21(12-15-23)27-26(28(36)22-13-16-24(39-2)25(18-22)40-3)29(37)30(38)35(27)31-33-34-32(43-31)42-19-20-9-7-6-8-10-20/h6-16,18,27,36H,4-5,17,19H2,1-3H3/b28-26-. The van der Waals surface area contributed by atoms with Crippen molar-refractivity contribution >= 4 is 45.7 Å². The summed E-state index contributed by atoms with van der Waals surface area (Å²) in [7, 11) is 2.99. The number of carbonyl (C=O) groups excluding carboxylic acids is 2. The molecule has 3 aromatic carbocycles. The van der Waals surface area contributed by atoms with Crippen LogP contribution in [0.2, 0.25) is 0 Å². The molecule has 222 valence electrons. The van der Waals surface area contributed by atoms with Gasteiger partial charge in [0.25, 0.3) is 5.78 Å². The van der Waals surface area contributed by atoms with E-state index in [2.05, 4.69) is 17.1 Å². The molecule has 1 aromatic heterocycles. The molecule has 1 amide bonds. The van der Waals surface area contributed by atoms with Gasteiger partial charge in [0.15, 0.2) is 15.8 Å². The second kappa shape index (κ2) is 13.7. The number of carbonyl (C=O) groups is 2. The zero-order valence-corrected chi connectivity index (χ0v) is 25.6. The fraction of sp³-hybridized carbons (Fsp3) is 0.250. The zero-order valence-electron chi connectivity index (χ0n) is 24.0. The van der Waals surface area contributed by atoms with Crippen molar-refractivity contribution in [1.29, 1.82) is 0 Å². The Kier molecular flexibility index (Phi) is 9.63. The molecule has 1 fully saturated rings. The number of anilines is 1. The van der Waals surface area contributed by atoms with Crippen LogP contribution in [0.1, 0.15) is 42.5 Å². The van der Waals surface area contributed by atoms with Crippen LogP contribution in [0, 0.1) is 0 Å². The van der Waals surface area contributed by atoms with Crippen molar-refractivity contribution in [3.05, 3.63) is 95.1 Å². The van der Waals surface area contributed by atoms with Crippen LogP contribution in [0.25, 0.3) is 5.76 Å². The number of aromatic nitrogens is 2. The number of nitrogens with zero attached hydrogens (tertiary/aromatic N) is 3. The molecular weight excluding hydrogens is 587 g/mol. The summed E-state index contributed by atoms with van der Waals surface area (Å²) in [5.74, 6) is 0.221. The van der Waals surface area contributed by atoms with Gasteiger partial charge in [-0.3, -0.25) is 14.5 Å². The number of hydrogen-bond acceptors (Lipinski definition) is 10. The minimum absolute atomic E-state index is 0.0643. The van der Waals surface area contributed by atoms with E-state index in [-0.39, 0.29) is 16.5 Å². The lowest BCUT2D eigenvalue weighted by molar-refractivity contribution is -0.132.